The average molecular weight is 256 g/mol. The molecule has 0 aliphatic heterocycles. The predicted molar refractivity (Wildman–Crippen MR) is 76.7 cm³/mol. The van der Waals surface area contributed by atoms with Gasteiger partial charge in [0.15, 0.2) is 0 Å². The van der Waals surface area contributed by atoms with Gasteiger partial charge in [-0.3, -0.25) is 0 Å². The minimum Gasteiger partial charge on any atom is -0.342 e. The van der Waals surface area contributed by atoms with Crippen molar-refractivity contribution in [3.63, 3.8) is 0 Å². The van der Waals surface area contributed by atoms with Gasteiger partial charge in [0.2, 0.25) is 0 Å². The predicted octanol–water partition coefficient (Wildman–Crippen LogP) is 3.02. The molecule has 100 valence electrons. The van der Waals surface area contributed by atoms with Crippen LogP contribution in [0, 0.1) is 23.7 Å². The van der Waals surface area contributed by atoms with Gasteiger partial charge in [-0.15, -0.1) is 0 Å². The van der Waals surface area contributed by atoms with Crippen LogP contribution in [0.3, 0.4) is 0 Å². The first-order valence-corrected chi connectivity index (χ1v) is 6.39. The second kappa shape index (κ2) is 4.67. The minimum absolute atomic E-state index is 0.0468. The van der Waals surface area contributed by atoms with E-state index in [4.69, 9.17) is 0 Å². The summed E-state index contributed by atoms with van der Waals surface area (Å²) < 4.78 is 0. The van der Waals surface area contributed by atoms with E-state index < -0.39 is 5.41 Å². The van der Waals surface area contributed by atoms with Crippen molar-refractivity contribution in [2.75, 3.05) is 14.1 Å². The highest BCUT2D eigenvalue weighted by molar-refractivity contribution is 5.76. The molecular weight excluding hydrogens is 236 g/mol. The van der Waals surface area contributed by atoms with Crippen molar-refractivity contribution >= 4 is 11.0 Å². The van der Waals surface area contributed by atoms with Crippen LogP contribution in [0.2, 0.25) is 0 Å². The fraction of sp³-hybridized carbons (Fsp3) is 0.467. The average Bonchev–Trinajstić information content (AvgIpc) is 2.67. The number of aromatic nitrogens is 2. The lowest BCUT2D eigenvalue weighted by Gasteiger charge is -2.34. The molecule has 0 saturated carbocycles. The fourth-order valence-electron chi connectivity index (χ4n) is 2.75. The van der Waals surface area contributed by atoms with E-state index in [0.29, 0.717) is 0 Å². The summed E-state index contributed by atoms with van der Waals surface area (Å²) in [5.41, 5.74) is 2.67. The van der Waals surface area contributed by atoms with Crippen LogP contribution in [0.25, 0.3) is 11.0 Å². The first-order valence-electron chi connectivity index (χ1n) is 6.39. The summed E-state index contributed by atoms with van der Waals surface area (Å²) >= 11 is 0. The number of rotatable bonds is 3. The minimum atomic E-state index is -0.452. The van der Waals surface area contributed by atoms with Crippen LogP contribution in [-0.4, -0.2) is 29.0 Å². The Balaban J connectivity index is 2.54. The van der Waals surface area contributed by atoms with Gasteiger partial charge in [-0.05, 0) is 52.6 Å². The van der Waals surface area contributed by atoms with E-state index in [2.05, 4.69) is 33.1 Å². The number of imidazole rings is 1. The van der Waals surface area contributed by atoms with Crippen LogP contribution < -0.4 is 0 Å². The number of H-pyrrole nitrogens is 1. The monoisotopic (exact) mass is 256 g/mol. The van der Waals surface area contributed by atoms with Gasteiger partial charge >= 0.3 is 0 Å². The highest BCUT2D eigenvalue weighted by atomic mass is 15.1. The second-order valence-electron chi connectivity index (χ2n) is 5.80. The molecule has 1 aromatic carbocycles. The smallest absolute Gasteiger partial charge is 0.104 e. The summed E-state index contributed by atoms with van der Waals surface area (Å²) in [5, 5.41) is 9.40. The molecule has 1 atom stereocenters. The maximum Gasteiger partial charge on any atom is 0.104 e. The van der Waals surface area contributed by atoms with Gasteiger partial charge < -0.3 is 9.88 Å². The van der Waals surface area contributed by atoms with Crippen LogP contribution in [0.5, 0.6) is 0 Å². The van der Waals surface area contributed by atoms with Crippen LogP contribution >= 0.6 is 0 Å². The van der Waals surface area contributed by atoms with Crippen molar-refractivity contribution in [1.82, 2.24) is 14.9 Å². The van der Waals surface area contributed by atoms with Gasteiger partial charge in [-0.2, -0.15) is 5.26 Å². The van der Waals surface area contributed by atoms with E-state index in [9.17, 15) is 5.26 Å². The molecule has 19 heavy (non-hydrogen) atoms. The summed E-state index contributed by atoms with van der Waals surface area (Å²) in [5.74, 6) is 0.910. The van der Waals surface area contributed by atoms with Crippen molar-refractivity contribution in [3.8, 4) is 6.07 Å². The third-order valence-electron chi connectivity index (χ3n) is 3.43. The normalized spacial score (nSPS) is 13.7. The number of nitrogens with zero attached hydrogens (tertiary/aromatic N) is 3. The van der Waals surface area contributed by atoms with Crippen molar-refractivity contribution in [2.24, 2.45) is 5.41 Å². The molecule has 0 fully saturated rings. The first kappa shape index (κ1) is 13.6. The summed E-state index contributed by atoms with van der Waals surface area (Å²) in [7, 11) is 4.01. The van der Waals surface area contributed by atoms with Gasteiger partial charge in [0, 0.05) is 0 Å². The van der Waals surface area contributed by atoms with Crippen LogP contribution in [0.1, 0.15) is 31.3 Å². The number of aryl methyl sites for hydroxylation is 1. The Morgan fingerprint density at radius 3 is 2.63 bits per heavy atom. The Kier molecular flexibility index (Phi) is 3.34. The summed E-state index contributed by atoms with van der Waals surface area (Å²) in [6, 6.07) is 8.62. The molecule has 1 unspecified atom stereocenters. The molecule has 0 aliphatic rings. The van der Waals surface area contributed by atoms with Crippen molar-refractivity contribution < 1.29 is 0 Å². The Labute approximate surface area is 114 Å². The van der Waals surface area contributed by atoms with Gasteiger partial charge in [0.05, 0.1) is 28.6 Å². The van der Waals surface area contributed by atoms with E-state index in [0.717, 1.165) is 22.4 Å². The van der Waals surface area contributed by atoms with Gasteiger partial charge in [0.25, 0.3) is 0 Å². The van der Waals surface area contributed by atoms with Crippen molar-refractivity contribution in [1.29, 1.82) is 5.26 Å². The summed E-state index contributed by atoms with van der Waals surface area (Å²) in [6.07, 6.45) is 0. The molecule has 1 aromatic heterocycles. The highest BCUT2D eigenvalue weighted by Gasteiger charge is 2.32. The van der Waals surface area contributed by atoms with Gasteiger partial charge in [0.1, 0.15) is 5.82 Å². The molecule has 4 nitrogen and oxygen atoms in total. The zero-order valence-corrected chi connectivity index (χ0v) is 12.2. The molecule has 2 rings (SSSR count). The summed E-state index contributed by atoms with van der Waals surface area (Å²) in [6.45, 7) is 5.89. The Morgan fingerprint density at radius 2 is 2.05 bits per heavy atom. The molecule has 1 heterocycles. The van der Waals surface area contributed by atoms with E-state index in [1.807, 2.05) is 40.9 Å². The zero-order valence-electron chi connectivity index (χ0n) is 12.2. The number of hydrogen-bond acceptors (Lipinski definition) is 3. The number of hydrogen-bond donors (Lipinski definition) is 1. The molecule has 0 saturated heterocycles. The third kappa shape index (κ3) is 2.47. The quantitative estimate of drug-likeness (QED) is 0.918. The van der Waals surface area contributed by atoms with E-state index in [-0.39, 0.29) is 6.04 Å². The first-order chi connectivity index (χ1) is 8.85. The molecule has 0 aliphatic carbocycles. The van der Waals surface area contributed by atoms with Crippen molar-refractivity contribution in [3.05, 3.63) is 29.6 Å². The maximum absolute atomic E-state index is 9.40. The van der Waals surface area contributed by atoms with Crippen LogP contribution in [0.4, 0.5) is 0 Å². The van der Waals surface area contributed by atoms with E-state index in [1.54, 1.807) is 0 Å². The van der Waals surface area contributed by atoms with E-state index in [1.165, 1.54) is 0 Å². The molecule has 0 spiro atoms. The van der Waals surface area contributed by atoms with Crippen molar-refractivity contribution in [2.45, 2.75) is 26.8 Å². The Hall–Kier alpha value is -1.86. The van der Waals surface area contributed by atoms with E-state index >= 15 is 0 Å². The van der Waals surface area contributed by atoms with Crippen LogP contribution in [-0.2, 0) is 0 Å². The lowest BCUT2D eigenvalue weighted by Crippen LogP contribution is -2.32. The highest BCUT2D eigenvalue weighted by Crippen LogP contribution is 2.37. The standard InChI is InChI=1S/C15H20N4/c1-10-17-12-7-6-11(8-13(12)18-10)14(19(4)5)15(2,3)9-16/h6-8,14H,1-5H3,(H,17,18). The number of nitrogens with one attached hydrogen (secondary N) is 1. The number of nitriles is 1. The molecule has 2 aromatic rings. The third-order valence-corrected chi connectivity index (χ3v) is 3.43. The number of aromatic amines is 1. The number of benzene rings is 1. The molecule has 0 amide bonds. The fourth-order valence-corrected chi connectivity index (χ4v) is 2.75. The molecule has 1 N–H and O–H groups in total. The topological polar surface area (TPSA) is 55.7 Å². The lowest BCUT2D eigenvalue weighted by molar-refractivity contribution is 0.185. The van der Waals surface area contributed by atoms with Crippen LogP contribution in [0.15, 0.2) is 18.2 Å². The Morgan fingerprint density at radius 1 is 1.37 bits per heavy atom. The largest absolute Gasteiger partial charge is 0.342 e. The lowest BCUT2D eigenvalue weighted by atomic mass is 9.81. The zero-order chi connectivity index (χ0) is 14.2. The maximum atomic E-state index is 9.40. The molecule has 0 bridgehead atoms. The molecular formula is C15H20N4. The SMILES string of the molecule is Cc1nc2ccc(C(N(C)C)C(C)(C)C#N)cc2[nH]1. The Bertz CT molecular complexity index is 631. The van der Waals surface area contributed by atoms with Gasteiger partial charge in [-0.25, -0.2) is 4.98 Å². The molecule has 0 radical (unpaired) electrons. The van der Waals surface area contributed by atoms with Gasteiger partial charge in [-0.1, -0.05) is 6.07 Å². The summed E-state index contributed by atoms with van der Waals surface area (Å²) in [4.78, 5) is 9.75. The molecule has 4 heteroatoms. The number of fused-ring (bicyclic) bond motifs is 1. The second-order valence-corrected chi connectivity index (χ2v) is 5.80.